The van der Waals surface area contributed by atoms with Gasteiger partial charge in [0.05, 0.1) is 11.6 Å². The van der Waals surface area contributed by atoms with Crippen molar-refractivity contribution in [3.05, 3.63) is 93.4 Å². The van der Waals surface area contributed by atoms with Crippen LogP contribution in [0, 0.1) is 0 Å². The number of hydrogen-bond acceptors (Lipinski definition) is 4. The van der Waals surface area contributed by atoms with Crippen molar-refractivity contribution in [2.24, 2.45) is 0 Å². The SMILES string of the molecule is CC[C@@H](C)NC(=O)[C@@H](Cc1ccccc1)N(Cc1cccc(OC)c1)C(=O)COc1ccc(Cl)cc1Br. The fourth-order valence-corrected chi connectivity index (χ4v) is 4.57. The average Bonchev–Trinajstić information content (AvgIpc) is 2.90. The van der Waals surface area contributed by atoms with E-state index in [1.165, 1.54) is 0 Å². The minimum atomic E-state index is -0.743. The largest absolute Gasteiger partial charge is 0.497 e. The quantitative estimate of drug-likeness (QED) is 0.280. The third kappa shape index (κ3) is 8.51. The van der Waals surface area contributed by atoms with E-state index in [-0.39, 0.29) is 31.0 Å². The summed E-state index contributed by atoms with van der Waals surface area (Å²) in [5, 5.41) is 3.61. The van der Waals surface area contributed by atoms with Crippen LogP contribution in [0.1, 0.15) is 31.4 Å². The first-order chi connectivity index (χ1) is 17.8. The van der Waals surface area contributed by atoms with E-state index in [0.717, 1.165) is 17.5 Å². The van der Waals surface area contributed by atoms with E-state index in [0.29, 0.717) is 27.4 Å². The molecule has 1 N–H and O–H groups in total. The van der Waals surface area contributed by atoms with Gasteiger partial charge in [-0.3, -0.25) is 9.59 Å². The van der Waals surface area contributed by atoms with Crippen LogP contribution in [0.2, 0.25) is 5.02 Å². The number of ether oxygens (including phenoxy) is 2. The van der Waals surface area contributed by atoms with Crippen molar-refractivity contribution in [1.82, 2.24) is 10.2 Å². The summed E-state index contributed by atoms with van der Waals surface area (Å²) >= 11 is 9.46. The smallest absolute Gasteiger partial charge is 0.261 e. The van der Waals surface area contributed by atoms with E-state index < -0.39 is 6.04 Å². The van der Waals surface area contributed by atoms with Gasteiger partial charge in [0, 0.05) is 24.0 Å². The maximum absolute atomic E-state index is 13.7. The van der Waals surface area contributed by atoms with Crippen LogP contribution in [-0.2, 0) is 22.6 Å². The second-order valence-electron chi connectivity index (χ2n) is 8.76. The van der Waals surface area contributed by atoms with Crippen molar-refractivity contribution in [2.75, 3.05) is 13.7 Å². The molecule has 0 unspecified atom stereocenters. The molecule has 8 heteroatoms. The van der Waals surface area contributed by atoms with E-state index in [9.17, 15) is 9.59 Å². The summed E-state index contributed by atoms with van der Waals surface area (Å²) in [4.78, 5) is 28.8. The predicted octanol–water partition coefficient (Wildman–Crippen LogP) is 6.04. The molecule has 2 atom stereocenters. The summed E-state index contributed by atoms with van der Waals surface area (Å²) in [6, 6.07) is 21.5. The zero-order chi connectivity index (χ0) is 26.8. The van der Waals surface area contributed by atoms with Crippen molar-refractivity contribution in [3.63, 3.8) is 0 Å². The number of carbonyl (C=O) groups is 2. The Morgan fingerprint density at radius 3 is 2.43 bits per heavy atom. The lowest BCUT2D eigenvalue weighted by Gasteiger charge is -2.32. The molecular weight excluding hydrogens is 556 g/mol. The Hall–Kier alpha value is -3.03. The highest BCUT2D eigenvalue weighted by Crippen LogP contribution is 2.28. The Balaban J connectivity index is 1.94. The molecule has 0 radical (unpaired) electrons. The lowest BCUT2D eigenvalue weighted by atomic mass is 10.0. The summed E-state index contributed by atoms with van der Waals surface area (Å²) in [5.41, 5.74) is 1.80. The molecule has 0 aliphatic carbocycles. The number of methoxy groups -OCH3 is 1. The molecule has 0 aliphatic heterocycles. The first-order valence-corrected chi connectivity index (χ1v) is 13.3. The Morgan fingerprint density at radius 1 is 1.03 bits per heavy atom. The van der Waals surface area contributed by atoms with Crippen LogP contribution in [-0.4, -0.2) is 42.5 Å². The van der Waals surface area contributed by atoms with Gasteiger partial charge in [0.2, 0.25) is 5.91 Å². The lowest BCUT2D eigenvalue weighted by Crippen LogP contribution is -2.53. The Kier molecular flexibility index (Phi) is 10.8. The summed E-state index contributed by atoms with van der Waals surface area (Å²) in [5.74, 6) is 0.643. The summed E-state index contributed by atoms with van der Waals surface area (Å²) in [6.07, 6.45) is 1.14. The highest BCUT2D eigenvalue weighted by Gasteiger charge is 2.31. The molecule has 0 saturated heterocycles. The second kappa shape index (κ2) is 14.1. The average molecular weight is 588 g/mol. The molecule has 3 aromatic rings. The van der Waals surface area contributed by atoms with Crippen LogP contribution in [0.15, 0.2) is 77.3 Å². The van der Waals surface area contributed by atoms with Gasteiger partial charge < -0.3 is 19.7 Å². The van der Waals surface area contributed by atoms with Crippen LogP contribution in [0.3, 0.4) is 0 Å². The maximum atomic E-state index is 13.7. The van der Waals surface area contributed by atoms with Crippen LogP contribution < -0.4 is 14.8 Å². The molecule has 2 amide bonds. The number of nitrogens with one attached hydrogen (secondary N) is 1. The zero-order valence-corrected chi connectivity index (χ0v) is 23.6. The van der Waals surface area contributed by atoms with Crippen LogP contribution in [0.5, 0.6) is 11.5 Å². The molecule has 37 heavy (non-hydrogen) atoms. The molecule has 0 aromatic heterocycles. The number of carbonyl (C=O) groups excluding carboxylic acids is 2. The van der Waals surface area contributed by atoms with Gasteiger partial charge in [0.25, 0.3) is 5.91 Å². The highest BCUT2D eigenvalue weighted by molar-refractivity contribution is 9.10. The number of halogens is 2. The summed E-state index contributed by atoms with van der Waals surface area (Å²) in [7, 11) is 1.59. The molecule has 0 heterocycles. The Labute approximate surface area is 232 Å². The van der Waals surface area contributed by atoms with E-state index in [1.807, 2.05) is 68.4 Å². The van der Waals surface area contributed by atoms with E-state index in [1.54, 1.807) is 30.2 Å². The van der Waals surface area contributed by atoms with Gasteiger partial charge in [-0.05, 0) is 70.7 Å². The molecule has 6 nitrogen and oxygen atoms in total. The van der Waals surface area contributed by atoms with Crippen LogP contribution >= 0.6 is 27.5 Å². The number of hydrogen-bond donors (Lipinski definition) is 1. The molecule has 196 valence electrons. The molecule has 3 aromatic carbocycles. The highest BCUT2D eigenvalue weighted by atomic mass is 79.9. The van der Waals surface area contributed by atoms with Crippen molar-refractivity contribution < 1.29 is 19.1 Å². The van der Waals surface area contributed by atoms with Gasteiger partial charge in [0.15, 0.2) is 6.61 Å². The van der Waals surface area contributed by atoms with E-state index in [2.05, 4.69) is 21.2 Å². The van der Waals surface area contributed by atoms with Crippen molar-refractivity contribution in [1.29, 1.82) is 0 Å². The fraction of sp³-hybridized carbons (Fsp3) is 0.310. The Bertz CT molecular complexity index is 1190. The second-order valence-corrected chi connectivity index (χ2v) is 10.1. The van der Waals surface area contributed by atoms with Gasteiger partial charge in [-0.2, -0.15) is 0 Å². The summed E-state index contributed by atoms with van der Waals surface area (Å²) in [6.45, 7) is 3.93. The standard InChI is InChI=1S/C29H32BrClN2O4/c1-4-20(2)32-29(35)26(16-21-9-6-5-7-10-21)33(18-22-11-8-12-24(15-22)36-3)28(34)19-37-27-14-13-23(31)17-25(27)30/h5-15,17,20,26H,4,16,18-19H2,1-3H3,(H,32,35)/t20-,26-/m1/s1. The molecule has 0 fully saturated rings. The van der Waals surface area contributed by atoms with Crippen LogP contribution in [0.25, 0.3) is 0 Å². The van der Waals surface area contributed by atoms with Gasteiger partial charge in [0.1, 0.15) is 17.5 Å². The number of nitrogens with zero attached hydrogens (tertiary/aromatic N) is 1. The molecule has 0 saturated carbocycles. The third-order valence-electron chi connectivity index (χ3n) is 6.00. The van der Waals surface area contributed by atoms with Crippen molar-refractivity contribution in [3.8, 4) is 11.5 Å². The molecule has 0 aliphatic rings. The third-order valence-corrected chi connectivity index (χ3v) is 6.86. The van der Waals surface area contributed by atoms with E-state index in [4.69, 9.17) is 21.1 Å². The van der Waals surface area contributed by atoms with Gasteiger partial charge in [-0.25, -0.2) is 0 Å². The predicted molar refractivity (Wildman–Crippen MR) is 150 cm³/mol. The fourth-order valence-electron chi connectivity index (χ4n) is 3.78. The van der Waals surface area contributed by atoms with E-state index >= 15 is 0 Å². The van der Waals surface area contributed by atoms with Crippen LogP contribution in [0.4, 0.5) is 0 Å². The van der Waals surface area contributed by atoms with Crippen molar-refractivity contribution >= 4 is 39.3 Å². The first-order valence-electron chi connectivity index (χ1n) is 12.1. The topological polar surface area (TPSA) is 67.9 Å². The summed E-state index contributed by atoms with van der Waals surface area (Å²) < 4.78 is 11.9. The minimum Gasteiger partial charge on any atom is -0.497 e. The van der Waals surface area contributed by atoms with Gasteiger partial charge >= 0.3 is 0 Å². The molecule has 3 rings (SSSR count). The van der Waals surface area contributed by atoms with Gasteiger partial charge in [-0.15, -0.1) is 0 Å². The van der Waals surface area contributed by atoms with Gasteiger partial charge in [-0.1, -0.05) is 61.0 Å². The zero-order valence-electron chi connectivity index (χ0n) is 21.2. The maximum Gasteiger partial charge on any atom is 0.261 e. The molecule has 0 bridgehead atoms. The normalized spacial score (nSPS) is 12.4. The molecule has 0 spiro atoms. The Morgan fingerprint density at radius 2 is 1.76 bits per heavy atom. The minimum absolute atomic E-state index is 0.0270. The van der Waals surface area contributed by atoms with Crippen molar-refractivity contribution in [2.45, 2.75) is 45.3 Å². The number of benzene rings is 3. The lowest BCUT2D eigenvalue weighted by molar-refractivity contribution is -0.143. The number of rotatable bonds is 12. The number of amides is 2. The first kappa shape index (κ1) is 28.5. The monoisotopic (exact) mass is 586 g/mol. The molecular formula is C29H32BrClN2O4.